The monoisotopic (exact) mass is 339 g/mol. The lowest BCUT2D eigenvalue weighted by atomic mass is 10.1. The van der Waals surface area contributed by atoms with E-state index in [1.54, 1.807) is 30.3 Å². The van der Waals surface area contributed by atoms with Crippen molar-refractivity contribution in [2.75, 3.05) is 25.5 Å². The fourth-order valence-corrected chi connectivity index (χ4v) is 2.88. The van der Waals surface area contributed by atoms with Crippen LogP contribution in [0.1, 0.15) is 40.0 Å². The number of benzene rings is 1. The number of piperidine rings is 1. The fourth-order valence-electron chi connectivity index (χ4n) is 2.88. The molecule has 0 atom stereocenters. The van der Waals surface area contributed by atoms with E-state index < -0.39 is 0 Å². The lowest BCUT2D eigenvalue weighted by Gasteiger charge is -2.27. The Bertz CT molecular complexity index is 753. The summed E-state index contributed by atoms with van der Waals surface area (Å²) < 4.78 is 4.99. The van der Waals surface area contributed by atoms with Crippen LogP contribution >= 0.6 is 0 Å². The van der Waals surface area contributed by atoms with Crippen LogP contribution in [-0.4, -0.2) is 41.9 Å². The smallest absolute Gasteiger partial charge is 0.257 e. The summed E-state index contributed by atoms with van der Waals surface area (Å²) in [5.74, 6) is 0.0923. The van der Waals surface area contributed by atoms with Crippen LogP contribution in [0.5, 0.6) is 5.88 Å². The Balaban J connectivity index is 1.77. The predicted molar refractivity (Wildman–Crippen MR) is 94.9 cm³/mol. The van der Waals surface area contributed by atoms with E-state index >= 15 is 0 Å². The SMILES string of the molecule is COc1ccc(C(=O)Nc2ccccc2C(=O)N2CCCCC2)cn1. The Labute approximate surface area is 146 Å². The van der Waals surface area contributed by atoms with E-state index in [-0.39, 0.29) is 11.8 Å². The van der Waals surface area contributed by atoms with Gasteiger partial charge in [-0.25, -0.2) is 4.98 Å². The second-order valence-electron chi connectivity index (χ2n) is 5.94. The van der Waals surface area contributed by atoms with Crippen molar-refractivity contribution in [1.82, 2.24) is 9.88 Å². The lowest BCUT2D eigenvalue weighted by Crippen LogP contribution is -2.36. The number of anilines is 1. The Kier molecular flexibility index (Phi) is 5.28. The van der Waals surface area contributed by atoms with Crippen molar-refractivity contribution >= 4 is 17.5 Å². The third-order valence-corrected chi connectivity index (χ3v) is 4.26. The van der Waals surface area contributed by atoms with Crippen molar-refractivity contribution in [3.05, 3.63) is 53.7 Å². The molecule has 25 heavy (non-hydrogen) atoms. The third kappa shape index (κ3) is 3.96. The number of likely N-dealkylation sites (tertiary alicyclic amines) is 1. The molecule has 130 valence electrons. The van der Waals surface area contributed by atoms with E-state index in [2.05, 4.69) is 10.3 Å². The molecular formula is C19H21N3O3. The van der Waals surface area contributed by atoms with Gasteiger partial charge in [-0.2, -0.15) is 0 Å². The highest BCUT2D eigenvalue weighted by molar-refractivity contribution is 6.08. The Morgan fingerprint density at radius 2 is 1.84 bits per heavy atom. The first-order valence-corrected chi connectivity index (χ1v) is 8.39. The van der Waals surface area contributed by atoms with Crippen molar-refractivity contribution < 1.29 is 14.3 Å². The van der Waals surface area contributed by atoms with Gasteiger partial charge in [0.15, 0.2) is 0 Å². The maximum Gasteiger partial charge on any atom is 0.257 e. The summed E-state index contributed by atoms with van der Waals surface area (Å²) in [6.45, 7) is 1.53. The minimum absolute atomic E-state index is 0.0385. The number of para-hydroxylation sites is 1. The molecule has 2 amide bonds. The van der Waals surface area contributed by atoms with E-state index in [9.17, 15) is 9.59 Å². The number of amides is 2. The minimum Gasteiger partial charge on any atom is -0.481 e. The van der Waals surface area contributed by atoms with Gasteiger partial charge >= 0.3 is 0 Å². The molecule has 6 nitrogen and oxygen atoms in total. The summed E-state index contributed by atoms with van der Waals surface area (Å²) >= 11 is 0. The highest BCUT2D eigenvalue weighted by atomic mass is 16.5. The number of rotatable bonds is 4. The van der Waals surface area contributed by atoms with E-state index in [1.165, 1.54) is 13.3 Å². The molecule has 3 rings (SSSR count). The summed E-state index contributed by atoms with van der Waals surface area (Å²) in [6.07, 6.45) is 4.66. The molecule has 6 heteroatoms. The average Bonchev–Trinajstić information content (AvgIpc) is 2.68. The summed E-state index contributed by atoms with van der Waals surface area (Å²) in [7, 11) is 1.52. The van der Waals surface area contributed by atoms with Crippen LogP contribution in [0.3, 0.4) is 0 Å². The molecule has 1 aromatic heterocycles. The number of hydrogen-bond donors (Lipinski definition) is 1. The third-order valence-electron chi connectivity index (χ3n) is 4.26. The van der Waals surface area contributed by atoms with Gasteiger partial charge in [-0.05, 0) is 37.5 Å². The maximum atomic E-state index is 12.8. The summed E-state index contributed by atoms with van der Waals surface area (Å²) in [5, 5.41) is 2.82. The highest BCUT2D eigenvalue weighted by Crippen LogP contribution is 2.21. The quantitative estimate of drug-likeness (QED) is 0.929. The first-order chi connectivity index (χ1) is 12.2. The molecule has 1 aliphatic heterocycles. The molecule has 1 saturated heterocycles. The van der Waals surface area contributed by atoms with Gasteiger partial charge in [0.25, 0.3) is 11.8 Å². The minimum atomic E-state index is -0.311. The number of aromatic nitrogens is 1. The zero-order valence-electron chi connectivity index (χ0n) is 14.2. The number of methoxy groups -OCH3 is 1. The molecule has 1 aromatic carbocycles. The van der Waals surface area contributed by atoms with E-state index in [0.717, 1.165) is 32.4 Å². The van der Waals surface area contributed by atoms with Crippen LogP contribution in [-0.2, 0) is 0 Å². The number of hydrogen-bond acceptors (Lipinski definition) is 4. The molecule has 1 aliphatic rings. The molecule has 1 N–H and O–H groups in total. The summed E-state index contributed by atoms with van der Waals surface area (Å²) in [5.41, 5.74) is 1.43. The topological polar surface area (TPSA) is 71.5 Å². The Hall–Kier alpha value is -2.89. The molecule has 0 unspecified atom stereocenters. The number of pyridine rings is 1. The Morgan fingerprint density at radius 3 is 2.52 bits per heavy atom. The van der Waals surface area contributed by atoms with Gasteiger partial charge in [0, 0.05) is 25.4 Å². The normalized spacial score (nSPS) is 14.0. The van der Waals surface area contributed by atoms with E-state index in [4.69, 9.17) is 4.74 Å². The van der Waals surface area contributed by atoms with Crippen LogP contribution in [0.4, 0.5) is 5.69 Å². The molecule has 0 radical (unpaired) electrons. The zero-order valence-corrected chi connectivity index (χ0v) is 14.2. The van der Waals surface area contributed by atoms with Crippen LogP contribution in [0, 0.1) is 0 Å². The summed E-state index contributed by atoms with van der Waals surface area (Å²) in [4.78, 5) is 31.1. The number of nitrogens with one attached hydrogen (secondary N) is 1. The van der Waals surface area contributed by atoms with Crippen molar-refractivity contribution in [2.45, 2.75) is 19.3 Å². The molecule has 0 spiro atoms. The second-order valence-corrected chi connectivity index (χ2v) is 5.94. The first kappa shape index (κ1) is 17.0. The van der Waals surface area contributed by atoms with Crippen LogP contribution in [0.25, 0.3) is 0 Å². The van der Waals surface area contributed by atoms with Crippen LogP contribution < -0.4 is 10.1 Å². The number of ether oxygens (including phenoxy) is 1. The van der Waals surface area contributed by atoms with Gasteiger partial charge in [-0.3, -0.25) is 9.59 Å². The van der Waals surface area contributed by atoms with Gasteiger partial charge in [0.1, 0.15) is 0 Å². The van der Waals surface area contributed by atoms with Crippen molar-refractivity contribution in [3.63, 3.8) is 0 Å². The molecule has 2 heterocycles. The van der Waals surface area contributed by atoms with E-state index in [1.807, 2.05) is 11.0 Å². The number of carbonyl (C=O) groups excluding carboxylic acids is 2. The lowest BCUT2D eigenvalue weighted by molar-refractivity contribution is 0.0725. The second kappa shape index (κ2) is 7.79. The van der Waals surface area contributed by atoms with Crippen molar-refractivity contribution in [3.8, 4) is 5.88 Å². The van der Waals surface area contributed by atoms with Crippen molar-refractivity contribution in [2.24, 2.45) is 0 Å². The van der Waals surface area contributed by atoms with Gasteiger partial charge in [-0.1, -0.05) is 12.1 Å². The predicted octanol–water partition coefficient (Wildman–Crippen LogP) is 2.97. The molecule has 1 fully saturated rings. The zero-order chi connectivity index (χ0) is 17.6. The largest absolute Gasteiger partial charge is 0.481 e. The molecular weight excluding hydrogens is 318 g/mol. The van der Waals surface area contributed by atoms with Gasteiger partial charge in [0.05, 0.1) is 23.9 Å². The standard InChI is InChI=1S/C19H21N3O3/c1-25-17-10-9-14(13-20-17)18(23)21-16-8-4-3-7-15(16)19(24)22-11-5-2-6-12-22/h3-4,7-10,13H,2,5-6,11-12H2,1H3,(H,21,23). The van der Waals surface area contributed by atoms with Gasteiger partial charge in [0.2, 0.25) is 5.88 Å². The molecule has 0 aliphatic carbocycles. The van der Waals surface area contributed by atoms with E-state index in [0.29, 0.717) is 22.7 Å². The van der Waals surface area contributed by atoms with Crippen LogP contribution in [0.15, 0.2) is 42.6 Å². The number of nitrogens with zero attached hydrogens (tertiary/aromatic N) is 2. The molecule has 2 aromatic rings. The molecule has 0 saturated carbocycles. The Morgan fingerprint density at radius 1 is 1.08 bits per heavy atom. The summed E-state index contributed by atoms with van der Waals surface area (Å²) in [6, 6.07) is 10.4. The number of carbonyl (C=O) groups is 2. The maximum absolute atomic E-state index is 12.8. The molecule has 0 bridgehead atoms. The van der Waals surface area contributed by atoms with Crippen molar-refractivity contribution in [1.29, 1.82) is 0 Å². The van der Waals surface area contributed by atoms with Gasteiger partial charge in [-0.15, -0.1) is 0 Å². The fraction of sp³-hybridized carbons (Fsp3) is 0.316. The first-order valence-electron chi connectivity index (χ1n) is 8.39. The van der Waals surface area contributed by atoms with Crippen LogP contribution in [0.2, 0.25) is 0 Å². The average molecular weight is 339 g/mol. The highest BCUT2D eigenvalue weighted by Gasteiger charge is 2.21. The van der Waals surface area contributed by atoms with Gasteiger partial charge < -0.3 is 15.0 Å².